The minimum Gasteiger partial charge on any atom is -0.341 e. The maximum absolute atomic E-state index is 13.0. The Bertz CT molecular complexity index is 816. The van der Waals surface area contributed by atoms with Crippen LogP contribution >= 0.6 is 12.4 Å². The Morgan fingerprint density at radius 1 is 1.14 bits per heavy atom. The fraction of sp³-hybridized carbons (Fsp3) is 0.650. The highest BCUT2D eigenvalue weighted by molar-refractivity contribution is 7.89. The molecule has 2 fully saturated rings. The van der Waals surface area contributed by atoms with Crippen molar-refractivity contribution >= 4 is 28.3 Å². The van der Waals surface area contributed by atoms with Crippen LogP contribution in [-0.2, 0) is 27.7 Å². The zero-order valence-electron chi connectivity index (χ0n) is 16.4. The fourth-order valence-electron chi connectivity index (χ4n) is 4.64. The molecular weight excluding hydrogens is 398 g/mol. The van der Waals surface area contributed by atoms with E-state index in [4.69, 9.17) is 0 Å². The Morgan fingerprint density at radius 3 is 2.54 bits per heavy atom. The van der Waals surface area contributed by atoms with E-state index < -0.39 is 10.0 Å². The number of rotatable bonds is 4. The summed E-state index contributed by atoms with van der Waals surface area (Å²) in [7, 11) is -1.59. The molecule has 8 heteroatoms. The van der Waals surface area contributed by atoms with Gasteiger partial charge in [0.25, 0.3) is 0 Å². The van der Waals surface area contributed by atoms with Gasteiger partial charge in [-0.05, 0) is 68.3 Å². The number of likely N-dealkylation sites (N-methyl/N-ethyl adjacent to an activating group) is 1. The van der Waals surface area contributed by atoms with Gasteiger partial charge in [0.2, 0.25) is 15.9 Å². The molecule has 1 N–H and O–H groups in total. The van der Waals surface area contributed by atoms with E-state index in [-0.39, 0.29) is 30.3 Å². The minimum atomic E-state index is -3.47. The van der Waals surface area contributed by atoms with Crippen molar-refractivity contribution in [1.29, 1.82) is 0 Å². The molecule has 0 aromatic heterocycles. The number of fused-ring (bicyclic) bond motifs is 1. The second-order valence-electron chi connectivity index (χ2n) is 8.06. The van der Waals surface area contributed by atoms with Crippen molar-refractivity contribution in [2.24, 2.45) is 5.92 Å². The van der Waals surface area contributed by atoms with Crippen LogP contribution < -0.4 is 5.32 Å². The van der Waals surface area contributed by atoms with Crippen LogP contribution in [0.4, 0.5) is 0 Å². The predicted molar refractivity (Wildman–Crippen MR) is 111 cm³/mol. The van der Waals surface area contributed by atoms with Gasteiger partial charge in [-0.1, -0.05) is 6.07 Å². The zero-order chi connectivity index (χ0) is 19.0. The molecule has 1 aromatic rings. The van der Waals surface area contributed by atoms with Crippen LogP contribution in [0.5, 0.6) is 0 Å². The minimum absolute atomic E-state index is 0. The normalized spacial score (nSPS) is 23.2. The van der Waals surface area contributed by atoms with Gasteiger partial charge in [-0.3, -0.25) is 4.79 Å². The Kier molecular flexibility index (Phi) is 6.69. The molecule has 2 aliphatic heterocycles. The number of aryl methyl sites for hydroxylation is 2. The quantitative estimate of drug-likeness (QED) is 0.795. The topological polar surface area (TPSA) is 69.7 Å². The number of piperidine rings is 1. The third-order valence-corrected chi connectivity index (χ3v) is 8.34. The van der Waals surface area contributed by atoms with E-state index in [0.29, 0.717) is 30.8 Å². The number of carbonyl (C=O) groups excluding carboxylic acids is 1. The van der Waals surface area contributed by atoms with Gasteiger partial charge in [0.05, 0.1) is 4.90 Å². The first-order chi connectivity index (χ1) is 13.0. The lowest BCUT2D eigenvalue weighted by Gasteiger charge is -2.34. The van der Waals surface area contributed by atoms with Crippen molar-refractivity contribution < 1.29 is 13.2 Å². The fourth-order valence-corrected chi connectivity index (χ4v) is 6.16. The van der Waals surface area contributed by atoms with E-state index in [1.807, 2.05) is 24.1 Å². The second kappa shape index (κ2) is 8.69. The summed E-state index contributed by atoms with van der Waals surface area (Å²) in [4.78, 5) is 15.0. The van der Waals surface area contributed by atoms with Gasteiger partial charge in [0.1, 0.15) is 0 Å². The van der Waals surface area contributed by atoms with E-state index in [0.717, 1.165) is 38.8 Å². The summed E-state index contributed by atoms with van der Waals surface area (Å²) in [6.45, 7) is 2.66. The lowest BCUT2D eigenvalue weighted by Crippen LogP contribution is -2.46. The van der Waals surface area contributed by atoms with Gasteiger partial charge in [-0.15, -0.1) is 12.4 Å². The zero-order valence-corrected chi connectivity index (χ0v) is 18.0. The van der Waals surface area contributed by atoms with E-state index in [1.54, 1.807) is 10.4 Å². The number of benzene rings is 1. The van der Waals surface area contributed by atoms with Gasteiger partial charge in [0, 0.05) is 38.6 Å². The monoisotopic (exact) mass is 427 g/mol. The molecule has 1 unspecified atom stereocenters. The Hall–Kier alpha value is -1.15. The van der Waals surface area contributed by atoms with E-state index >= 15 is 0 Å². The van der Waals surface area contributed by atoms with Gasteiger partial charge in [0.15, 0.2) is 0 Å². The van der Waals surface area contributed by atoms with Crippen LogP contribution in [0.2, 0.25) is 0 Å². The van der Waals surface area contributed by atoms with Crippen molar-refractivity contribution in [3.8, 4) is 0 Å². The molecule has 1 amide bonds. The first-order valence-electron chi connectivity index (χ1n) is 10.1. The number of sulfonamides is 1. The van der Waals surface area contributed by atoms with Crippen LogP contribution in [-0.4, -0.2) is 62.8 Å². The molecule has 4 rings (SSSR count). The van der Waals surface area contributed by atoms with Crippen LogP contribution in [0.25, 0.3) is 0 Å². The number of nitrogens with one attached hydrogen (secondary N) is 1. The average molecular weight is 428 g/mol. The maximum Gasteiger partial charge on any atom is 0.243 e. The molecular formula is C20H30ClN3O3S. The number of hydrogen-bond acceptors (Lipinski definition) is 4. The lowest BCUT2D eigenvalue weighted by molar-refractivity contribution is -0.137. The molecule has 2 heterocycles. The Balaban J connectivity index is 0.00000225. The molecule has 0 radical (unpaired) electrons. The summed E-state index contributed by atoms with van der Waals surface area (Å²) in [6, 6.07) is 5.84. The molecule has 0 bridgehead atoms. The first kappa shape index (κ1) is 21.6. The number of nitrogens with zero attached hydrogens (tertiary/aromatic N) is 2. The molecule has 0 spiro atoms. The van der Waals surface area contributed by atoms with Crippen molar-refractivity contribution in [1.82, 2.24) is 14.5 Å². The molecule has 1 aliphatic carbocycles. The number of hydrogen-bond donors (Lipinski definition) is 1. The molecule has 3 aliphatic rings. The summed E-state index contributed by atoms with van der Waals surface area (Å²) in [6.07, 6.45) is 5.33. The average Bonchev–Trinajstić information content (AvgIpc) is 3.38. The van der Waals surface area contributed by atoms with Crippen LogP contribution in [0, 0.1) is 5.92 Å². The SMILES string of the molecule is CN(C(=O)C1CCN(S(=O)(=O)c2ccc3c(c2)CCC3)CC1)C1CCNC1.Cl. The van der Waals surface area contributed by atoms with Crippen LogP contribution in [0.1, 0.15) is 36.8 Å². The number of carbonyl (C=O) groups is 1. The summed E-state index contributed by atoms with van der Waals surface area (Å²) in [5, 5.41) is 3.29. The molecule has 6 nitrogen and oxygen atoms in total. The first-order valence-corrected chi connectivity index (χ1v) is 11.5. The molecule has 28 heavy (non-hydrogen) atoms. The third-order valence-electron chi connectivity index (χ3n) is 6.44. The summed E-state index contributed by atoms with van der Waals surface area (Å²) in [5.74, 6) is 0.0975. The summed E-state index contributed by atoms with van der Waals surface area (Å²) in [5.41, 5.74) is 2.45. The molecule has 156 valence electrons. The smallest absolute Gasteiger partial charge is 0.243 e. The standard InChI is InChI=1S/C20H29N3O3S.ClH/c1-22(18-7-10-21-14-18)20(24)16-8-11-23(12-9-16)27(25,26)19-6-5-15-3-2-4-17(15)13-19;/h5-6,13,16,18,21H,2-4,7-12,14H2,1H3;1H. The molecule has 2 saturated heterocycles. The molecule has 0 saturated carbocycles. The largest absolute Gasteiger partial charge is 0.341 e. The van der Waals surface area contributed by atoms with E-state index in [1.165, 1.54) is 11.1 Å². The highest BCUT2D eigenvalue weighted by atomic mass is 35.5. The predicted octanol–water partition coefficient (Wildman–Crippen LogP) is 1.82. The number of halogens is 1. The highest BCUT2D eigenvalue weighted by Crippen LogP contribution is 2.29. The van der Waals surface area contributed by atoms with Gasteiger partial charge in [-0.25, -0.2) is 8.42 Å². The third kappa shape index (κ3) is 4.08. The van der Waals surface area contributed by atoms with Crippen LogP contribution in [0.15, 0.2) is 23.1 Å². The van der Waals surface area contributed by atoms with Gasteiger partial charge < -0.3 is 10.2 Å². The summed E-state index contributed by atoms with van der Waals surface area (Å²) >= 11 is 0. The van der Waals surface area contributed by atoms with E-state index in [9.17, 15) is 13.2 Å². The molecule has 1 aromatic carbocycles. The van der Waals surface area contributed by atoms with Crippen molar-refractivity contribution in [2.75, 3.05) is 33.2 Å². The number of amides is 1. The van der Waals surface area contributed by atoms with Crippen LogP contribution in [0.3, 0.4) is 0 Å². The van der Waals surface area contributed by atoms with Crippen molar-refractivity contribution in [2.45, 2.75) is 49.5 Å². The molecule has 1 atom stereocenters. The maximum atomic E-state index is 13.0. The highest BCUT2D eigenvalue weighted by Gasteiger charge is 2.35. The van der Waals surface area contributed by atoms with E-state index in [2.05, 4.69) is 5.32 Å². The van der Waals surface area contributed by atoms with Crippen molar-refractivity contribution in [3.63, 3.8) is 0 Å². The Morgan fingerprint density at radius 2 is 1.86 bits per heavy atom. The van der Waals surface area contributed by atoms with Crippen molar-refractivity contribution in [3.05, 3.63) is 29.3 Å². The van der Waals surface area contributed by atoms with Gasteiger partial charge >= 0.3 is 0 Å². The van der Waals surface area contributed by atoms with Gasteiger partial charge in [-0.2, -0.15) is 4.31 Å². The summed E-state index contributed by atoms with van der Waals surface area (Å²) < 4.78 is 27.6. The second-order valence-corrected chi connectivity index (χ2v) is 10.00. The lowest BCUT2D eigenvalue weighted by atomic mass is 9.96. The Labute approximate surface area is 174 Å².